The first-order chi connectivity index (χ1) is 13.8. The van der Waals surface area contributed by atoms with Crippen LogP contribution in [0, 0.1) is 0 Å². The standard InChI is InChI=1S/C18H20N4O5S2/c23-16(15-2-1-9-22(15)18(24)25)20-17-19-14(10-28-17)11-3-7-13(8-4-11)29(26,27)21-12-5-6-12/h3-4,7-8,10,12,15,21H,1-2,5-6,9H2,(H,24,25)(H,19,20,23). The Hall–Kier alpha value is -2.50. The van der Waals surface area contributed by atoms with Gasteiger partial charge in [-0.15, -0.1) is 11.3 Å². The second-order valence-corrected chi connectivity index (χ2v) is 9.65. The van der Waals surface area contributed by atoms with E-state index in [0.29, 0.717) is 30.2 Å². The van der Waals surface area contributed by atoms with Crippen LogP contribution in [0.25, 0.3) is 11.3 Å². The molecule has 2 aromatic rings. The lowest BCUT2D eigenvalue weighted by Crippen LogP contribution is -2.42. The van der Waals surface area contributed by atoms with Gasteiger partial charge in [0.25, 0.3) is 0 Å². The van der Waals surface area contributed by atoms with Crippen LogP contribution in [0.3, 0.4) is 0 Å². The number of nitrogens with zero attached hydrogens (tertiary/aromatic N) is 2. The lowest BCUT2D eigenvalue weighted by Gasteiger charge is -2.19. The van der Waals surface area contributed by atoms with E-state index < -0.39 is 28.1 Å². The van der Waals surface area contributed by atoms with Crippen molar-refractivity contribution in [1.29, 1.82) is 0 Å². The monoisotopic (exact) mass is 436 g/mol. The van der Waals surface area contributed by atoms with Gasteiger partial charge >= 0.3 is 6.09 Å². The molecule has 29 heavy (non-hydrogen) atoms. The maximum absolute atomic E-state index is 12.4. The topological polar surface area (TPSA) is 129 Å². The highest BCUT2D eigenvalue weighted by atomic mass is 32.2. The number of thiazole rings is 1. The van der Waals surface area contributed by atoms with Crippen LogP contribution in [-0.4, -0.2) is 54.0 Å². The van der Waals surface area contributed by atoms with Crippen molar-refractivity contribution in [3.05, 3.63) is 29.6 Å². The summed E-state index contributed by atoms with van der Waals surface area (Å²) < 4.78 is 27.1. The highest BCUT2D eigenvalue weighted by Gasteiger charge is 2.34. The minimum Gasteiger partial charge on any atom is -0.465 e. The molecule has 1 aromatic heterocycles. The van der Waals surface area contributed by atoms with E-state index in [0.717, 1.165) is 23.3 Å². The second-order valence-electron chi connectivity index (χ2n) is 7.08. The molecule has 1 aliphatic heterocycles. The summed E-state index contributed by atoms with van der Waals surface area (Å²) in [7, 11) is -3.51. The van der Waals surface area contributed by atoms with E-state index in [9.17, 15) is 18.0 Å². The number of rotatable bonds is 6. The van der Waals surface area contributed by atoms with Gasteiger partial charge in [0.2, 0.25) is 15.9 Å². The van der Waals surface area contributed by atoms with Crippen LogP contribution in [0.2, 0.25) is 0 Å². The highest BCUT2D eigenvalue weighted by Crippen LogP contribution is 2.28. The van der Waals surface area contributed by atoms with Gasteiger partial charge in [-0.2, -0.15) is 0 Å². The molecule has 1 aromatic carbocycles. The van der Waals surface area contributed by atoms with E-state index in [-0.39, 0.29) is 10.9 Å². The Kier molecular flexibility index (Phi) is 5.28. The number of amides is 2. The Balaban J connectivity index is 1.43. The number of sulfonamides is 1. The summed E-state index contributed by atoms with van der Waals surface area (Å²) in [6, 6.07) is 5.74. The van der Waals surface area contributed by atoms with Gasteiger partial charge in [-0.25, -0.2) is 22.9 Å². The molecule has 0 spiro atoms. The molecule has 9 nitrogen and oxygen atoms in total. The fraction of sp³-hybridized carbons (Fsp3) is 0.389. The van der Waals surface area contributed by atoms with Gasteiger partial charge in [-0.3, -0.25) is 9.69 Å². The van der Waals surface area contributed by atoms with E-state index in [1.165, 1.54) is 23.5 Å². The molecular formula is C18H20N4O5S2. The predicted octanol–water partition coefficient (Wildman–Crippen LogP) is 2.33. The quantitative estimate of drug-likeness (QED) is 0.637. The summed E-state index contributed by atoms with van der Waals surface area (Å²) in [6.07, 6.45) is 1.78. The van der Waals surface area contributed by atoms with Gasteiger partial charge in [0.15, 0.2) is 5.13 Å². The highest BCUT2D eigenvalue weighted by molar-refractivity contribution is 7.89. The molecule has 0 radical (unpaired) electrons. The molecule has 1 aliphatic carbocycles. The first-order valence-electron chi connectivity index (χ1n) is 9.22. The van der Waals surface area contributed by atoms with E-state index in [1.807, 2.05) is 0 Å². The van der Waals surface area contributed by atoms with Gasteiger partial charge in [-0.1, -0.05) is 12.1 Å². The van der Waals surface area contributed by atoms with Gasteiger partial charge in [0.1, 0.15) is 6.04 Å². The number of carboxylic acid groups (broad SMARTS) is 1. The maximum Gasteiger partial charge on any atom is 0.407 e. The average molecular weight is 437 g/mol. The first-order valence-corrected chi connectivity index (χ1v) is 11.6. The Bertz CT molecular complexity index is 1030. The molecule has 1 atom stereocenters. The third-order valence-corrected chi connectivity index (χ3v) is 7.19. The summed E-state index contributed by atoms with van der Waals surface area (Å²) in [5, 5.41) is 14.0. The predicted molar refractivity (Wildman–Crippen MR) is 107 cm³/mol. The van der Waals surface area contributed by atoms with Crippen molar-refractivity contribution in [3.8, 4) is 11.3 Å². The third kappa shape index (κ3) is 4.41. The molecule has 1 saturated carbocycles. The van der Waals surface area contributed by atoms with Crippen LogP contribution in [0.5, 0.6) is 0 Å². The zero-order chi connectivity index (χ0) is 20.6. The minimum atomic E-state index is -3.51. The molecule has 2 heterocycles. The maximum atomic E-state index is 12.4. The van der Waals surface area contributed by atoms with Crippen molar-refractivity contribution in [2.75, 3.05) is 11.9 Å². The molecule has 2 aliphatic rings. The largest absolute Gasteiger partial charge is 0.465 e. The number of hydrogen-bond acceptors (Lipinski definition) is 6. The summed E-state index contributed by atoms with van der Waals surface area (Å²) in [5.41, 5.74) is 1.33. The normalized spacial score (nSPS) is 19.3. The van der Waals surface area contributed by atoms with Gasteiger partial charge in [0, 0.05) is 23.5 Å². The van der Waals surface area contributed by atoms with Crippen molar-refractivity contribution in [3.63, 3.8) is 0 Å². The number of aromatic nitrogens is 1. The van der Waals surface area contributed by atoms with Crippen molar-refractivity contribution < 1.29 is 23.1 Å². The van der Waals surface area contributed by atoms with E-state index in [1.54, 1.807) is 17.5 Å². The molecule has 2 amide bonds. The van der Waals surface area contributed by atoms with E-state index in [2.05, 4.69) is 15.0 Å². The van der Waals surface area contributed by atoms with Gasteiger partial charge in [-0.05, 0) is 37.8 Å². The SMILES string of the molecule is O=C(Nc1nc(-c2ccc(S(=O)(=O)NC3CC3)cc2)cs1)C1CCCN1C(=O)O. The Labute approximate surface area is 171 Å². The average Bonchev–Trinajstić information content (AvgIpc) is 3.17. The Morgan fingerprint density at radius 1 is 1.17 bits per heavy atom. The summed E-state index contributed by atoms with van der Waals surface area (Å²) in [5.74, 6) is -0.390. The van der Waals surface area contributed by atoms with Gasteiger partial charge in [0.05, 0.1) is 10.6 Å². The van der Waals surface area contributed by atoms with Crippen LogP contribution in [0.15, 0.2) is 34.5 Å². The molecule has 0 bridgehead atoms. The van der Waals surface area contributed by atoms with Crippen LogP contribution in [-0.2, 0) is 14.8 Å². The number of hydrogen-bond donors (Lipinski definition) is 3. The molecule has 11 heteroatoms. The second kappa shape index (κ2) is 7.73. The summed E-state index contributed by atoms with van der Waals surface area (Å²) in [4.78, 5) is 29.3. The third-order valence-electron chi connectivity index (χ3n) is 4.90. The molecule has 4 rings (SSSR count). The number of benzene rings is 1. The fourth-order valence-corrected chi connectivity index (χ4v) is 5.24. The molecule has 1 unspecified atom stereocenters. The summed E-state index contributed by atoms with van der Waals surface area (Å²) in [6.45, 7) is 0.349. The van der Waals surface area contributed by atoms with Crippen LogP contribution in [0.1, 0.15) is 25.7 Å². The first kappa shape index (κ1) is 19.8. The molecular weight excluding hydrogens is 416 g/mol. The van der Waals surface area contributed by atoms with Crippen LogP contribution < -0.4 is 10.0 Å². The Morgan fingerprint density at radius 3 is 2.55 bits per heavy atom. The lowest BCUT2D eigenvalue weighted by atomic mass is 10.2. The molecule has 2 fully saturated rings. The van der Waals surface area contributed by atoms with Crippen molar-refractivity contribution >= 4 is 38.5 Å². The number of carbonyl (C=O) groups is 2. The van der Waals surface area contributed by atoms with E-state index in [4.69, 9.17) is 5.11 Å². The van der Waals surface area contributed by atoms with Crippen molar-refractivity contribution in [2.24, 2.45) is 0 Å². The molecule has 3 N–H and O–H groups in total. The zero-order valence-corrected chi connectivity index (χ0v) is 17.0. The number of anilines is 1. The lowest BCUT2D eigenvalue weighted by molar-refractivity contribution is -0.119. The zero-order valence-electron chi connectivity index (χ0n) is 15.4. The van der Waals surface area contributed by atoms with E-state index >= 15 is 0 Å². The minimum absolute atomic E-state index is 0.0429. The van der Waals surface area contributed by atoms with Crippen LogP contribution in [0.4, 0.5) is 9.93 Å². The Morgan fingerprint density at radius 2 is 1.90 bits per heavy atom. The number of nitrogens with one attached hydrogen (secondary N) is 2. The van der Waals surface area contributed by atoms with Gasteiger partial charge < -0.3 is 10.4 Å². The van der Waals surface area contributed by atoms with Crippen molar-refractivity contribution in [2.45, 2.75) is 42.7 Å². The van der Waals surface area contributed by atoms with Crippen LogP contribution >= 0.6 is 11.3 Å². The molecule has 1 saturated heterocycles. The number of carbonyl (C=O) groups excluding carboxylic acids is 1. The molecule has 154 valence electrons. The fourth-order valence-electron chi connectivity index (χ4n) is 3.21. The van der Waals surface area contributed by atoms with Crippen molar-refractivity contribution in [1.82, 2.24) is 14.6 Å². The number of likely N-dealkylation sites (tertiary alicyclic amines) is 1. The summed E-state index contributed by atoms with van der Waals surface area (Å²) >= 11 is 1.23. The smallest absolute Gasteiger partial charge is 0.407 e.